The third kappa shape index (κ3) is 3.32. The van der Waals surface area contributed by atoms with E-state index >= 15 is 0 Å². The first-order valence-corrected chi connectivity index (χ1v) is 6.51. The van der Waals surface area contributed by atoms with Gasteiger partial charge in [0.25, 0.3) is 0 Å². The molecule has 0 radical (unpaired) electrons. The molecule has 0 aliphatic heterocycles. The third-order valence-electron chi connectivity index (χ3n) is 3.06. The van der Waals surface area contributed by atoms with Gasteiger partial charge in [-0.05, 0) is 46.2 Å². The molecule has 0 amide bonds. The van der Waals surface area contributed by atoms with E-state index in [1.807, 2.05) is 20.9 Å². The molecule has 0 saturated heterocycles. The molecule has 1 heterocycles. The van der Waals surface area contributed by atoms with Crippen LogP contribution in [0.25, 0.3) is 0 Å². The number of hydrogen-bond acceptors (Lipinski definition) is 5. The first kappa shape index (κ1) is 13.1. The zero-order chi connectivity index (χ0) is 13.0. The Kier molecular flexibility index (Phi) is 4.36. The highest BCUT2D eigenvalue weighted by atomic mass is 16.5. The van der Waals surface area contributed by atoms with Crippen LogP contribution >= 0.6 is 0 Å². The van der Waals surface area contributed by atoms with Gasteiger partial charge in [-0.25, -0.2) is 0 Å². The zero-order valence-corrected chi connectivity index (χ0v) is 11.3. The summed E-state index contributed by atoms with van der Waals surface area (Å²) in [5.74, 6) is 2.63. The first-order chi connectivity index (χ1) is 8.71. The summed E-state index contributed by atoms with van der Waals surface area (Å²) in [6.45, 7) is 5.45. The summed E-state index contributed by atoms with van der Waals surface area (Å²) in [7, 11) is 1.98. The van der Waals surface area contributed by atoms with E-state index in [0.717, 1.165) is 25.3 Å². The standard InChI is InChI=1S/C13H21N3O2/c1-4-17-12-7-13(16-9(2)15-12)18-11-5-10(6-11)8-14-3/h7,10-11,14H,4-6,8H2,1-3H3. The van der Waals surface area contributed by atoms with Gasteiger partial charge < -0.3 is 14.8 Å². The lowest BCUT2D eigenvalue weighted by molar-refractivity contribution is 0.0610. The van der Waals surface area contributed by atoms with E-state index in [1.165, 1.54) is 0 Å². The minimum absolute atomic E-state index is 0.284. The summed E-state index contributed by atoms with van der Waals surface area (Å²) >= 11 is 0. The third-order valence-corrected chi connectivity index (χ3v) is 3.06. The molecule has 1 aromatic heterocycles. The van der Waals surface area contributed by atoms with Gasteiger partial charge >= 0.3 is 0 Å². The monoisotopic (exact) mass is 251 g/mol. The highest BCUT2D eigenvalue weighted by molar-refractivity contribution is 5.21. The summed E-state index contributed by atoms with van der Waals surface area (Å²) in [6, 6.07) is 1.77. The van der Waals surface area contributed by atoms with Gasteiger partial charge in [0.15, 0.2) is 0 Å². The molecule has 18 heavy (non-hydrogen) atoms. The molecule has 1 aliphatic rings. The highest BCUT2D eigenvalue weighted by Crippen LogP contribution is 2.30. The van der Waals surface area contributed by atoms with Crippen LogP contribution in [0.1, 0.15) is 25.6 Å². The Hall–Kier alpha value is -1.36. The number of aromatic nitrogens is 2. The fourth-order valence-electron chi connectivity index (χ4n) is 2.19. The molecule has 0 bridgehead atoms. The van der Waals surface area contributed by atoms with Crippen LogP contribution in [-0.2, 0) is 0 Å². The summed E-state index contributed by atoms with van der Waals surface area (Å²) in [5, 5.41) is 3.19. The van der Waals surface area contributed by atoms with Crippen LogP contribution in [0.15, 0.2) is 6.07 Å². The Morgan fingerprint density at radius 1 is 1.33 bits per heavy atom. The van der Waals surface area contributed by atoms with E-state index in [0.29, 0.717) is 24.2 Å². The second kappa shape index (κ2) is 6.00. The predicted octanol–water partition coefficient (Wildman–Crippen LogP) is 1.56. The maximum absolute atomic E-state index is 5.84. The first-order valence-electron chi connectivity index (χ1n) is 6.51. The summed E-state index contributed by atoms with van der Waals surface area (Å²) in [6.07, 6.45) is 2.47. The van der Waals surface area contributed by atoms with Gasteiger partial charge in [-0.1, -0.05) is 0 Å². The van der Waals surface area contributed by atoms with Crippen LogP contribution in [0.3, 0.4) is 0 Å². The Morgan fingerprint density at radius 3 is 2.72 bits per heavy atom. The lowest BCUT2D eigenvalue weighted by Gasteiger charge is -2.34. The van der Waals surface area contributed by atoms with Gasteiger partial charge in [0, 0.05) is 0 Å². The van der Waals surface area contributed by atoms with Crippen molar-refractivity contribution in [3.8, 4) is 11.8 Å². The number of nitrogens with zero attached hydrogens (tertiary/aromatic N) is 2. The number of rotatable bonds is 6. The van der Waals surface area contributed by atoms with Crippen molar-refractivity contribution in [1.29, 1.82) is 0 Å². The molecule has 1 saturated carbocycles. The van der Waals surface area contributed by atoms with Gasteiger partial charge in [-0.2, -0.15) is 9.97 Å². The fourth-order valence-corrected chi connectivity index (χ4v) is 2.19. The largest absolute Gasteiger partial charge is 0.478 e. The average Bonchev–Trinajstić information content (AvgIpc) is 2.26. The maximum atomic E-state index is 5.84. The molecule has 1 fully saturated rings. The van der Waals surface area contributed by atoms with Crippen LogP contribution in [0.4, 0.5) is 0 Å². The normalized spacial score (nSPS) is 22.4. The SMILES string of the molecule is CCOc1cc(OC2CC(CNC)C2)nc(C)n1. The summed E-state index contributed by atoms with van der Waals surface area (Å²) in [4.78, 5) is 8.48. The van der Waals surface area contributed by atoms with Gasteiger partial charge in [-0.3, -0.25) is 0 Å². The minimum Gasteiger partial charge on any atom is -0.478 e. The van der Waals surface area contributed by atoms with Crippen LogP contribution in [0.2, 0.25) is 0 Å². The summed E-state index contributed by atoms with van der Waals surface area (Å²) < 4.78 is 11.2. The second-order valence-corrected chi connectivity index (χ2v) is 4.66. The van der Waals surface area contributed by atoms with Gasteiger partial charge in [0.1, 0.15) is 11.9 Å². The molecule has 2 rings (SSSR count). The second-order valence-electron chi connectivity index (χ2n) is 4.66. The van der Waals surface area contributed by atoms with Crippen LogP contribution < -0.4 is 14.8 Å². The van der Waals surface area contributed by atoms with Crippen molar-refractivity contribution >= 4 is 0 Å². The molecular weight excluding hydrogens is 230 g/mol. The quantitative estimate of drug-likeness (QED) is 0.831. The zero-order valence-electron chi connectivity index (χ0n) is 11.3. The van der Waals surface area contributed by atoms with E-state index in [4.69, 9.17) is 9.47 Å². The lowest BCUT2D eigenvalue weighted by atomic mass is 9.82. The molecule has 5 heteroatoms. The predicted molar refractivity (Wildman–Crippen MR) is 69.0 cm³/mol. The molecule has 5 nitrogen and oxygen atoms in total. The van der Waals surface area contributed by atoms with Crippen molar-refractivity contribution in [2.75, 3.05) is 20.2 Å². The molecule has 100 valence electrons. The van der Waals surface area contributed by atoms with Crippen molar-refractivity contribution in [3.63, 3.8) is 0 Å². The van der Waals surface area contributed by atoms with E-state index in [2.05, 4.69) is 15.3 Å². The van der Waals surface area contributed by atoms with E-state index in [9.17, 15) is 0 Å². The van der Waals surface area contributed by atoms with Crippen molar-refractivity contribution in [3.05, 3.63) is 11.9 Å². The molecular formula is C13H21N3O2. The topological polar surface area (TPSA) is 56.3 Å². The van der Waals surface area contributed by atoms with Crippen molar-refractivity contribution in [2.45, 2.75) is 32.8 Å². The number of nitrogens with one attached hydrogen (secondary N) is 1. The molecule has 0 atom stereocenters. The van der Waals surface area contributed by atoms with Gasteiger partial charge in [-0.15, -0.1) is 0 Å². The minimum atomic E-state index is 0.284. The van der Waals surface area contributed by atoms with Crippen LogP contribution in [0.5, 0.6) is 11.8 Å². The van der Waals surface area contributed by atoms with Gasteiger partial charge in [0.05, 0.1) is 12.7 Å². The maximum Gasteiger partial charge on any atom is 0.220 e. The molecule has 1 aromatic rings. The fraction of sp³-hybridized carbons (Fsp3) is 0.692. The Labute approximate surface area is 108 Å². The van der Waals surface area contributed by atoms with E-state index in [-0.39, 0.29) is 6.10 Å². The van der Waals surface area contributed by atoms with E-state index < -0.39 is 0 Å². The molecule has 0 unspecified atom stereocenters. The number of hydrogen-bond donors (Lipinski definition) is 1. The number of ether oxygens (including phenoxy) is 2. The molecule has 1 aliphatic carbocycles. The van der Waals surface area contributed by atoms with E-state index in [1.54, 1.807) is 6.07 Å². The van der Waals surface area contributed by atoms with Crippen molar-refractivity contribution in [2.24, 2.45) is 5.92 Å². The molecule has 0 aromatic carbocycles. The van der Waals surface area contributed by atoms with Crippen molar-refractivity contribution < 1.29 is 9.47 Å². The van der Waals surface area contributed by atoms with Crippen LogP contribution in [-0.4, -0.2) is 36.3 Å². The van der Waals surface area contributed by atoms with Gasteiger partial charge in [0.2, 0.25) is 11.8 Å². The summed E-state index contributed by atoms with van der Waals surface area (Å²) in [5.41, 5.74) is 0. The van der Waals surface area contributed by atoms with Crippen molar-refractivity contribution in [1.82, 2.24) is 15.3 Å². The Balaban J connectivity index is 1.90. The Bertz CT molecular complexity index is 392. The smallest absolute Gasteiger partial charge is 0.220 e. The number of aryl methyl sites for hydroxylation is 1. The average molecular weight is 251 g/mol. The lowest BCUT2D eigenvalue weighted by Crippen LogP contribution is -2.38. The highest BCUT2D eigenvalue weighted by Gasteiger charge is 2.30. The van der Waals surface area contributed by atoms with Crippen LogP contribution in [0, 0.1) is 12.8 Å². The Morgan fingerprint density at radius 2 is 2.06 bits per heavy atom. The molecule has 1 N–H and O–H groups in total. The molecule has 0 spiro atoms.